The van der Waals surface area contributed by atoms with Crippen molar-refractivity contribution in [1.29, 1.82) is 0 Å². The summed E-state index contributed by atoms with van der Waals surface area (Å²) in [6.45, 7) is 6.33. The summed E-state index contributed by atoms with van der Waals surface area (Å²) >= 11 is 0. The van der Waals surface area contributed by atoms with Crippen LogP contribution < -0.4 is 9.80 Å². The quantitative estimate of drug-likeness (QED) is 0.285. The van der Waals surface area contributed by atoms with Crippen LogP contribution in [-0.4, -0.2) is 9.97 Å². The molecule has 1 aliphatic rings. The molecule has 1 radical (unpaired) electrons. The van der Waals surface area contributed by atoms with Gasteiger partial charge in [-0.15, -0.1) is 24.0 Å². The molecule has 4 nitrogen and oxygen atoms in total. The van der Waals surface area contributed by atoms with Gasteiger partial charge in [-0.1, -0.05) is 36.4 Å². The van der Waals surface area contributed by atoms with Gasteiger partial charge in [-0.25, -0.2) is 9.97 Å². The Morgan fingerprint density at radius 2 is 1.47 bits per heavy atom. The normalized spacial score (nSPS) is 12.5. The van der Waals surface area contributed by atoms with Crippen molar-refractivity contribution >= 4 is 23.0 Å². The maximum atomic E-state index is 4.60. The van der Waals surface area contributed by atoms with Gasteiger partial charge in [0.2, 0.25) is 0 Å². The summed E-state index contributed by atoms with van der Waals surface area (Å²) in [7, 11) is 0. The molecule has 1 aromatic heterocycles. The maximum absolute atomic E-state index is 4.60. The van der Waals surface area contributed by atoms with Crippen LogP contribution in [0.1, 0.15) is 11.1 Å². The zero-order chi connectivity index (χ0) is 19.8. The molecule has 0 fully saturated rings. The molecule has 0 saturated heterocycles. The number of para-hydroxylation sites is 1. The molecule has 4 aromatic rings. The summed E-state index contributed by atoms with van der Waals surface area (Å²) in [5.74, 6) is 1.61. The Balaban J connectivity index is 0.00000218. The summed E-state index contributed by atoms with van der Waals surface area (Å²) in [6, 6.07) is 26.2. The molecule has 30 heavy (non-hydrogen) atoms. The van der Waals surface area contributed by atoms with Gasteiger partial charge in [0.1, 0.15) is 11.6 Å². The van der Waals surface area contributed by atoms with Crippen molar-refractivity contribution in [2.45, 2.75) is 13.8 Å². The van der Waals surface area contributed by atoms with Crippen LogP contribution in [0.3, 0.4) is 0 Å². The van der Waals surface area contributed by atoms with E-state index >= 15 is 0 Å². The van der Waals surface area contributed by atoms with E-state index < -0.39 is 0 Å². The number of rotatable bonds is 3. The van der Waals surface area contributed by atoms with Gasteiger partial charge in [0.05, 0.1) is 0 Å². The largest absolute Gasteiger partial charge is 0.477 e. The smallest absolute Gasteiger partial charge is 0.145 e. The number of anilines is 4. The Morgan fingerprint density at radius 3 is 2.17 bits per heavy atom. The number of aryl methyl sites for hydroxylation is 2. The molecule has 0 amide bonds. The molecule has 0 unspecified atom stereocenters. The molecular formula is C25H20IrN4-2. The average Bonchev–Trinajstić information content (AvgIpc) is 3.14. The number of aromatic nitrogens is 2. The minimum atomic E-state index is 0. The zero-order valence-electron chi connectivity index (χ0n) is 16.7. The molecule has 0 atom stereocenters. The predicted octanol–water partition coefficient (Wildman–Crippen LogP) is 5.97. The second-order valence-electron chi connectivity index (χ2n) is 7.12. The van der Waals surface area contributed by atoms with Crippen LogP contribution in [0.5, 0.6) is 0 Å². The van der Waals surface area contributed by atoms with Crippen LogP contribution in [0.2, 0.25) is 0 Å². The second-order valence-corrected chi connectivity index (χ2v) is 7.12. The fraction of sp³-hybridized carbons (Fsp3) is 0.0800. The van der Waals surface area contributed by atoms with Crippen molar-refractivity contribution in [1.82, 2.24) is 9.97 Å². The first-order chi connectivity index (χ1) is 14.2. The molecule has 2 heterocycles. The van der Waals surface area contributed by atoms with E-state index in [2.05, 4.69) is 77.2 Å². The summed E-state index contributed by atoms with van der Waals surface area (Å²) in [5.41, 5.74) is 6.94. The Kier molecular flexibility index (Phi) is 5.67. The van der Waals surface area contributed by atoms with Crippen molar-refractivity contribution in [3.05, 3.63) is 103 Å². The van der Waals surface area contributed by atoms with Gasteiger partial charge < -0.3 is 9.80 Å². The third kappa shape index (κ3) is 3.51. The van der Waals surface area contributed by atoms with Crippen LogP contribution in [0.15, 0.2) is 79.1 Å². The van der Waals surface area contributed by atoms with Crippen molar-refractivity contribution in [3.8, 4) is 11.1 Å². The summed E-state index contributed by atoms with van der Waals surface area (Å²) < 4.78 is 0. The number of benzene rings is 3. The van der Waals surface area contributed by atoms with Gasteiger partial charge in [-0.3, -0.25) is 0 Å². The molecule has 3 aromatic carbocycles. The molecule has 0 N–H and O–H groups in total. The summed E-state index contributed by atoms with van der Waals surface area (Å²) in [5, 5.41) is 0. The minimum Gasteiger partial charge on any atom is -0.477 e. The molecule has 0 bridgehead atoms. The van der Waals surface area contributed by atoms with Crippen LogP contribution in [0.4, 0.5) is 23.0 Å². The molecule has 0 saturated carbocycles. The Labute approximate surface area is 190 Å². The minimum absolute atomic E-state index is 0. The molecule has 0 spiro atoms. The monoisotopic (exact) mass is 569 g/mol. The van der Waals surface area contributed by atoms with Gasteiger partial charge in [0, 0.05) is 38.2 Å². The number of hydrogen-bond donors (Lipinski definition) is 0. The van der Waals surface area contributed by atoms with Crippen LogP contribution >= 0.6 is 0 Å². The van der Waals surface area contributed by atoms with Crippen molar-refractivity contribution in [3.63, 3.8) is 0 Å². The predicted molar refractivity (Wildman–Crippen MR) is 117 cm³/mol. The molecule has 5 heteroatoms. The van der Waals surface area contributed by atoms with E-state index in [0.717, 1.165) is 23.0 Å². The van der Waals surface area contributed by atoms with E-state index in [0.29, 0.717) is 0 Å². The first-order valence-electron chi connectivity index (χ1n) is 9.60. The molecule has 1 aliphatic heterocycles. The van der Waals surface area contributed by atoms with Crippen molar-refractivity contribution in [2.24, 2.45) is 0 Å². The maximum Gasteiger partial charge on any atom is 0.145 e. The fourth-order valence-corrected chi connectivity index (χ4v) is 3.86. The summed E-state index contributed by atoms with van der Waals surface area (Å²) in [4.78, 5) is 13.3. The van der Waals surface area contributed by atoms with Gasteiger partial charge in [-0.2, -0.15) is 18.2 Å². The SMILES string of the molecule is Cc1cccc(C)c1-c1cc[c-]c(N2[CH-]N(c3ccccc3)c3nccnc32)c1.[Ir]. The van der Waals surface area contributed by atoms with Crippen LogP contribution in [-0.2, 0) is 20.1 Å². The number of fused-ring (bicyclic) bond motifs is 1. The fourth-order valence-electron chi connectivity index (χ4n) is 3.86. The van der Waals surface area contributed by atoms with E-state index in [1.807, 2.05) is 35.8 Å². The first-order valence-corrected chi connectivity index (χ1v) is 9.60. The topological polar surface area (TPSA) is 32.3 Å². The van der Waals surface area contributed by atoms with Gasteiger partial charge in [-0.05, 0) is 42.7 Å². The van der Waals surface area contributed by atoms with E-state index in [-0.39, 0.29) is 20.1 Å². The average molecular weight is 569 g/mol. The first kappa shape index (κ1) is 20.3. The van der Waals surface area contributed by atoms with Crippen LogP contribution in [0, 0.1) is 26.6 Å². The number of hydrogen-bond acceptors (Lipinski definition) is 4. The second kappa shape index (κ2) is 8.39. The van der Waals surface area contributed by atoms with Gasteiger partial charge in [0.25, 0.3) is 0 Å². The standard InChI is InChI=1S/C25H20N4.Ir/c1-18-8-6-9-19(2)23(18)20-10-7-13-22(16-20)29-17-28(21-11-4-3-5-12-21)24-25(29)27-15-14-26-24;/h3-12,14-17H,1-2H3;/q-2;. The van der Waals surface area contributed by atoms with Crippen molar-refractivity contribution in [2.75, 3.05) is 9.80 Å². The van der Waals surface area contributed by atoms with E-state index in [4.69, 9.17) is 0 Å². The van der Waals surface area contributed by atoms with E-state index in [9.17, 15) is 0 Å². The third-order valence-electron chi connectivity index (χ3n) is 5.20. The third-order valence-corrected chi connectivity index (χ3v) is 5.20. The Morgan fingerprint density at radius 1 is 0.800 bits per heavy atom. The Hall–Kier alpha value is -3.01. The summed E-state index contributed by atoms with van der Waals surface area (Å²) in [6.07, 6.45) is 3.45. The number of nitrogens with zero attached hydrogens (tertiary/aromatic N) is 4. The van der Waals surface area contributed by atoms with E-state index in [1.165, 1.54) is 22.3 Å². The molecular weight excluding hydrogens is 549 g/mol. The van der Waals surface area contributed by atoms with Crippen molar-refractivity contribution < 1.29 is 20.1 Å². The Bertz CT molecular complexity index is 1160. The zero-order valence-corrected chi connectivity index (χ0v) is 19.1. The molecule has 5 rings (SSSR count). The molecule has 0 aliphatic carbocycles. The van der Waals surface area contributed by atoms with Gasteiger partial charge in [0.15, 0.2) is 0 Å². The van der Waals surface area contributed by atoms with Crippen LogP contribution in [0.25, 0.3) is 11.1 Å². The molecule has 151 valence electrons. The van der Waals surface area contributed by atoms with Gasteiger partial charge >= 0.3 is 0 Å². The van der Waals surface area contributed by atoms with E-state index in [1.54, 1.807) is 12.4 Å².